The zero-order valence-electron chi connectivity index (χ0n) is 14.3. The van der Waals surface area contributed by atoms with Gasteiger partial charge in [0.1, 0.15) is 12.4 Å². The van der Waals surface area contributed by atoms with Crippen molar-refractivity contribution in [2.24, 2.45) is 0 Å². The van der Waals surface area contributed by atoms with Gasteiger partial charge < -0.3 is 9.30 Å². The Morgan fingerprint density at radius 3 is 2.48 bits per heavy atom. The maximum Gasteiger partial charge on any atom is 0.191 e. The average Bonchev–Trinajstić information content (AvgIpc) is 3.05. The predicted molar refractivity (Wildman–Crippen MR) is 113 cm³/mol. The zero-order valence-corrected chi connectivity index (χ0v) is 18.1. The fourth-order valence-electron chi connectivity index (χ4n) is 2.36. The fraction of sp³-hybridized carbons (Fsp3) is 0.222. The zero-order chi connectivity index (χ0) is 19.4. The van der Waals surface area contributed by atoms with Crippen molar-refractivity contribution in [3.63, 3.8) is 0 Å². The quantitative estimate of drug-likeness (QED) is 0.362. The average molecular weight is 463 g/mol. The fourth-order valence-corrected chi connectivity index (χ4v) is 3.98. The highest BCUT2D eigenvalue weighted by atomic mass is 35.5. The molecule has 0 N–H and O–H groups in total. The van der Waals surface area contributed by atoms with Gasteiger partial charge in [0.2, 0.25) is 0 Å². The van der Waals surface area contributed by atoms with Gasteiger partial charge >= 0.3 is 0 Å². The van der Waals surface area contributed by atoms with Crippen LogP contribution >= 0.6 is 58.2 Å². The molecule has 0 fully saturated rings. The van der Waals surface area contributed by atoms with Gasteiger partial charge in [-0.15, -0.1) is 10.2 Å². The van der Waals surface area contributed by atoms with E-state index in [1.54, 1.807) is 36.0 Å². The van der Waals surface area contributed by atoms with E-state index in [0.29, 0.717) is 37.4 Å². The minimum atomic E-state index is 0.244. The molecule has 0 aliphatic rings. The second kappa shape index (κ2) is 9.39. The lowest BCUT2D eigenvalue weighted by atomic mass is 10.2. The molecule has 0 bridgehead atoms. The maximum atomic E-state index is 6.13. The third-order valence-electron chi connectivity index (χ3n) is 3.71. The van der Waals surface area contributed by atoms with Gasteiger partial charge in [-0.3, -0.25) is 0 Å². The highest BCUT2D eigenvalue weighted by molar-refractivity contribution is 7.98. The summed E-state index contributed by atoms with van der Waals surface area (Å²) >= 11 is 25.7. The van der Waals surface area contributed by atoms with Gasteiger partial charge in [0.15, 0.2) is 11.0 Å². The minimum absolute atomic E-state index is 0.244. The van der Waals surface area contributed by atoms with Crippen molar-refractivity contribution >= 4 is 58.2 Å². The summed E-state index contributed by atoms with van der Waals surface area (Å²) in [6, 6.07) is 10.7. The SMILES string of the molecule is CCn1c(COc2cc(Cl)ccc2Cl)nnc1SCc1ccc(Cl)c(Cl)c1. The van der Waals surface area contributed by atoms with Crippen molar-refractivity contribution in [3.05, 3.63) is 67.9 Å². The van der Waals surface area contributed by atoms with Gasteiger partial charge in [0.25, 0.3) is 0 Å². The second-order valence-corrected chi connectivity index (χ2v) is 8.14. The molecule has 142 valence electrons. The van der Waals surface area contributed by atoms with E-state index in [-0.39, 0.29) is 6.61 Å². The van der Waals surface area contributed by atoms with Gasteiger partial charge in [0.05, 0.1) is 15.1 Å². The lowest BCUT2D eigenvalue weighted by molar-refractivity contribution is 0.288. The molecule has 0 aliphatic heterocycles. The Labute approximate surface area is 181 Å². The molecule has 0 atom stereocenters. The summed E-state index contributed by atoms with van der Waals surface area (Å²) < 4.78 is 7.77. The normalized spacial score (nSPS) is 11.0. The summed E-state index contributed by atoms with van der Waals surface area (Å²) in [5.41, 5.74) is 1.06. The van der Waals surface area contributed by atoms with E-state index in [0.717, 1.165) is 17.3 Å². The predicted octanol–water partition coefficient (Wildman–Crippen LogP) is 6.78. The van der Waals surface area contributed by atoms with E-state index in [1.165, 1.54) is 0 Å². The van der Waals surface area contributed by atoms with E-state index in [1.807, 2.05) is 23.6 Å². The van der Waals surface area contributed by atoms with Crippen LogP contribution in [0.25, 0.3) is 0 Å². The van der Waals surface area contributed by atoms with Gasteiger partial charge in [-0.1, -0.05) is 64.2 Å². The van der Waals surface area contributed by atoms with Gasteiger partial charge in [-0.2, -0.15) is 0 Å². The summed E-state index contributed by atoms with van der Waals surface area (Å²) in [5, 5.41) is 11.5. The first-order chi connectivity index (χ1) is 13.0. The molecule has 1 heterocycles. The van der Waals surface area contributed by atoms with Crippen molar-refractivity contribution in [1.82, 2.24) is 14.8 Å². The second-order valence-electron chi connectivity index (χ2n) is 5.54. The smallest absolute Gasteiger partial charge is 0.191 e. The molecular weight excluding hydrogens is 448 g/mol. The maximum absolute atomic E-state index is 6.13. The number of halogens is 4. The topological polar surface area (TPSA) is 39.9 Å². The first-order valence-electron chi connectivity index (χ1n) is 8.04. The molecule has 0 saturated carbocycles. The Morgan fingerprint density at radius 2 is 1.74 bits per heavy atom. The molecule has 0 amide bonds. The van der Waals surface area contributed by atoms with Crippen molar-refractivity contribution < 1.29 is 4.74 Å². The Balaban J connectivity index is 1.68. The number of thioether (sulfide) groups is 1. The molecule has 0 radical (unpaired) electrons. The molecule has 3 rings (SSSR count). The van der Waals surface area contributed by atoms with Gasteiger partial charge in [-0.05, 0) is 36.8 Å². The molecule has 27 heavy (non-hydrogen) atoms. The van der Waals surface area contributed by atoms with Crippen LogP contribution in [0.2, 0.25) is 20.1 Å². The van der Waals surface area contributed by atoms with Crippen molar-refractivity contribution in [2.75, 3.05) is 0 Å². The lowest BCUT2D eigenvalue weighted by Crippen LogP contribution is -2.07. The molecule has 0 aliphatic carbocycles. The Morgan fingerprint density at radius 1 is 0.963 bits per heavy atom. The lowest BCUT2D eigenvalue weighted by Gasteiger charge is -2.10. The molecule has 9 heteroatoms. The Hall–Kier alpha value is -1.11. The Kier molecular flexibility index (Phi) is 7.17. The van der Waals surface area contributed by atoms with Crippen LogP contribution in [0, 0.1) is 0 Å². The monoisotopic (exact) mass is 461 g/mol. The van der Waals surface area contributed by atoms with E-state index in [9.17, 15) is 0 Å². The van der Waals surface area contributed by atoms with E-state index < -0.39 is 0 Å². The van der Waals surface area contributed by atoms with Crippen molar-refractivity contribution in [1.29, 1.82) is 0 Å². The van der Waals surface area contributed by atoms with Crippen LogP contribution in [0.1, 0.15) is 18.3 Å². The summed E-state index contributed by atoms with van der Waals surface area (Å²) in [6.45, 7) is 3.00. The first kappa shape index (κ1) is 20.6. The van der Waals surface area contributed by atoms with Crippen LogP contribution in [0.5, 0.6) is 5.75 Å². The molecule has 0 saturated heterocycles. The highest BCUT2D eigenvalue weighted by Crippen LogP contribution is 2.30. The van der Waals surface area contributed by atoms with Crippen molar-refractivity contribution in [3.8, 4) is 5.75 Å². The number of hydrogen-bond donors (Lipinski definition) is 0. The number of hydrogen-bond acceptors (Lipinski definition) is 4. The molecule has 0 spiro atoms. The van der Waals surface area contributed by atoms with Crippen LogP contribution in [0.15, 0.2) is 41.6 Å². The number of benzene rings is 2. The molecule has 4 nitrogen and oxygen atoms in total. The molecule has 0 unspecified atom stereocenters. The van der Waals surface area contributed by atoms with E-state index >= 15 is 0 Å². The largest absolute Gasteiger partial charge is 0.484 e. The number of aromatic nitrogens is 3. The third kappa shape index (κ3) is 5.24. The van der Waals surface area contributed by atoms with Crippen LogP contribution in [0.4, 0.5) is 0 Å². The molecule has 2 aromatic carbocycles. The van der Waals surface area contributed by atoms with Crippen LogP contribution in [0.3, 0.4) is 0 Å². The first-order valence-corrected chi connectivity index (χ1v) is 10.5. The number of rotatable bonds is 7. The van der Waals surface area contributed by atoms with Crippen LogP contribution in [-0.2, 0) is 18.9 Å². The van der Waals surface area contributed by atoms with Crippen molar-refractivity contribution in [2.45, 2.75) is 31.0 Å². The molecular formula is C18H15Cl4N3OS. The Bertz CT molecular complexity index is 948. The molecule has 1 aromatic heterocycles. The number of ether oxygens (including phenoxy) is 1. The summed E-state index contributed by atoms with van der Waals surface area (Å²) in [4.78, 5) is 0. The molecule has 3 aromatic rings. The third-order valence-corrected chi connectivity index (χ3v) is 6.04. The summed E-state index contributed by atoms with van der Waals surface area (Å²) in [7, 11) is 0. The van der Waals surface area contributed by atoms with Gasteiger partial charge in [-0.25, -0.2) is 0 Å². The van der Waals surface area contributed by atoms with Gasteiger partial charge in [0, 0.05) is 23.4 Å². The summed E-state index contributed by atoms with van der Waals surface area (Å²) in [5.74, 6) is 1.93. The highest BCUT2D eigenvalue weighted by Gasteiger charge is 2.13. The summed E-state index contributed by atoms with van der Waals surface area (Å²) in [6.07, 6.45) is 0. The van der Waals surface area contributed by atoms with E-state index in [2.05, 4.69) is 10.2 Å². The number of nitrogens with zero attached hydrogens (tertiary/aromatic N) is 3. The van der Waals surface area contributed by atoms with Crippen LogP contribution in [-0.4, -0.2) is 14.8 Å². The minimum Gasteiger partial charge on any atom is -0.484 e. The standard InChI is InChI=1S/C18H15Cl4N3OS/c1-2-25-17(9-26-16-8-12(19)4-6-14(16)21)23-24-18(25)27-10-11-3-5-13(20)15(22)7-11/h3-8H,2,9-10H2,1H3. The van der Waals surface area contributed by atoms with E-state index in [4.69, 9.17) is 51.1 Å². The van der Waals surface area contributed by atoms with Crippen LogP contribution < -0.4 is 4.74 Å².